The molecule has 0 amide bonds. The van der Waals surface area contributed by atoms with Crippen LogP contribution in [0.3, 0.4) is 0 Å². The number of imidazole rings is 1. The van der Waals surface area contributed by atoms with Gasteiger partial charge in [0, 0.05) is 36.4 Å². The van der Waals surface area contributed by atoms with Crippen molar-refractivity contribution in [1.29, 1.82) is 0 Å². The summed E-state index contributed by atoms with van der Waals surface area (Å²) in [6, 6.07) is 0.659. The van der Waals surface area contributed by atoms with Crippen molar-refractivity contribution in [3.63, 3.8) is 0 Å². The van der Waals surface area contributed by atoms with Crippen molar-refractivity contribution in [3.05, 3.63) is 16.7 Å². The van der Waals surface area contributed by atoms with E-state index in [1.165, 1.54) is 25.2 Å². The molecular formula is C15H27N3S. The van der Waals surface area contributed by atoms with Crippen molar-refractivity contribution in [2.24, 2.45) is 5.92 Å². The van der Waals surface area contributed by atoms with E-state index >= 15 is 0 Å². The molecule has 1 aliphatic heterocycles. The maximum Gasteiger partial charge on any atom is 0.177 e. The number of rotatable bonds is 3. The maximum absolute atomic E-state index is 5.45. The second-order valence-corrected chi connectivity index (χ2v) is 7.47. The molecule has 0 radical (unpaired) electrons. The Morgan fingerprint density at radius 2 is 2.11 bits per heavy atom. The summed E-state index contributed by atoms with van der Waals surface area (Å²) >= 11 is 5.45. The molecule has 3 nitrogen and oxygen atoms in total. The van der Waals surface area contributed by atoms with E-state index in [9.17, 15) is 0 Å². The molecule has 2 rings (SSSR count). The van der Waals surface area contributed by atoms with Gasteiger partial charge in [-0.2, -0.15) is 0 Å². The number of nitrogens with one attached hydrogen (secondary N) is 1. The van der Waals surface area contributed by atoms with Crippen molar-refractivity contribution < 1.29 is 0 Å². The Labute approximate surface area is 122 Å². The van der Waals surface area contributed by atoms with E-state index in [2.05, 4.69) is 55.3 Å². The highest BCUT2D eigenvalue weighted by Crippen LogP contribution is 2.26. The zero-order valence-corrected chi connectivity index (χ0v) is 13.7. The summed E-state index contributed by atoms with van der Waals surface area (Å²) in [5, 5.41) is 0. The smallest absolute Gasteiger partial charge is 0.177 e. The third-order valence-corrected chi connectivity index (χ3v) is 4.46. The molecule has 1 fully saturated rings. The zero-order valence-electron chi connectivity index (χ0n) is 12.9. The molecular weight excluding hydrogens is 254 g/mol. The predicted molar refractivity (Wildman–Crippen MR) is 83.1 cm³/mol. The van der Waals surface area contributed by atoms with E-state index in [0.717, 1.165) is 17.2 Å². The molecule has 1 unspecified atom stereocenters. The van der Waals surface area contributed by atoms with Gasteiger partial charge in [-0.25, -0.2) is 0 Å². The summed E-state index contributed by atoms with van der Waals surface area (Å²) in [5.41, 5.74) is 1.46. The molecule has 1 atom stereocenters. The molecule has 108 valence electrons. The molecule has 0 aromatic carbocycles. The SMILES string of the molecule is CC(C)N1CCC(Cn2c(C(C)(C)C)c[nH]c2=S)C1. The van der Waals surface area contributed by atoms with E-state index in [0.29, 0.717) is 6.04 Å². The Balaban J connectivity index is 2.13. The Morgan fingerprint density at radius 1 is 1.42 bits per heavy atom. The van der Waals surface area contributed by atoms with Crippen molar-refractivity contribution >= 4 is 12.2 Å². The molecule has 1 N–H and O–H groups in total. The molecule has 1 aliphatic rings. The van der Waals surface area contributed by atoms with Gasteiger partial charge in [0.25, 0.3) is 0 Å². The van der Waals surface area contributed by atoms with Gasteiger partial charge in [-0.1, -0.05) is 20.8 Å². The number of likely N-dealkylation sites (tertiary alicyclic amines) is 1. The number of H-pyrrole nitrogens is 1. The van der Waals surface area contributed by atoms with E-state index in [1.807, 2.05) is 0 Å². The highest BCUT2D eigenvalue weighted by molar-refractivity contribution is 7.71. The average molecular weight is 281 g/mol. The van der Waals surface area contributed by atoms with E-state index in [-0.39, 0.29) is 5.41 Å². The fraction of sp³-hybridized carbons (Fsp3) is 0.800. The molecule has 1 saturated heterocycles. The predicted octanol–water partition coefficient (Wildman–Crippen LogP) is 3.57. The first-order valence-electron chi connectivity index (χ1n) is 7.32. The van der Waals surface area contributed by atoms with Crippen LogP contribution in [-0.4, -0.2) is 33.6 Å². The fourth-order valence-electron chi connectivity index (χ4n) is 2.94. The van der Waals surface area contributed by atoms with Crippen molar-refractivity contribution in [1.82, 2.24) is 14.5 Å². The summed E-state index contributed by atoms with van der Waals surface area (Å²) < 4.78 is 3.18. The number of hydrogen-bond donors (Lipinski definition) is 1. The lowest BCUT2D eigenvalue weighted by molar-refractivity contribution is 0.259. The molecule has 0 aliphatic carbocycles. The minimum atomic E-state index is 0.143. The topological polar surface area (TPSA) is 24.0 Å². The van der Waals surface area contributed by atoms with Crippen LogP contribution in [0.5, 0.6) is 0 Å². The van der Waals surface area contributed by atoms with Gasteiger partial charge in [-0.05, 0) is 44.9 Å². The largest absolute Gasteiger partial charge is 0.337 e. The Morgan fingerprint density at radius 3 is 2.63 bits per heavy atom. The van der Waals surface area contributed by atoms with E-state index in [4.69, 9.17) is 12.2 Å². The third-order valence-electron chi connectivity index (χ3n) is 4.13. The second-order valence-electron chi connectivity index (χ2n) is 7.08. The van der Waals surface area contributed by atoms with Crippen LogP contribution in [0.15, 0.2) is 6.20 Å². The summed E-state index contributed by atoms with van der Waals surface area (Å²) in [5.74, 6) is 0.728. The number of aromatic amines is 1. The Kier molecular flexibility index (Phi) is 4.21. The first-order valence-corrected chi connectivity index (χ1v) is 7.72. The van der Waals surface area contributed by atoms with Gasteiger partial charge in [0.05, 0.1) is 0 Å². The van der Waals surface area contributed by atoms with Crippen LogP contribution < -0.4 is 0 Å². The highest BCUT2D eigenvalue weighted by Gasteiger charge is 2.27. The maximum atomic E-state index is 5.45. The molecule has 19 heavy (non-hydrogen) atoms. The number of hydrogen-bond acceptors (Lipinski definition) is 2. The first-order chi connectivity index (χ1) is 8.79. The Hall–Kier alpha value is -0.610. The van der Waals surface area contributed by atoms with Crippen LogP contribution in [0.4, 0.5) is 0 Å². The van der Waals surface area contributed by atoms with Crippen molar-refractivity contribution in [2.75, 3.05) is 13.1 Å². The molecule has 2 heterocycles. The van der Waals surface area contributed by atoms with E-state index in [1.54, 1.807) is 0 Å². The van der Waals surface area contributed by atoms with Gasteiger partial charge < -0.3 is 14.5 Å². The van der Waals surface area contributed by atoms with Gasteiger partial charge >= 0.3 is 0 Å². The molecule has 1 aromatic heterocycles. The lowest BCUT2D eigenvalue weighted by Gasteiger charge is -2.23. The third kappa shape index (κ3) is 3.29. The zero-order chi connectivity index (χ0) is 14.2. The van der Waals surface area contributed by atoms with Crippen molar-refractivity contribution in [2.45, 2.75) is 59.0 Å². The van der Waals surface area contributed by atoms with Crippen LogP contribution in [0, 0.1) is 10.7 Å². The van der Waals surface area contributed by atoms with Crippen LogP contribution in [0.2, 0.25) is 0 Å². The summed E-state index contributed by atoms with van der Waals surface area (Å²) in [6.45, 7) is 14.8. The highest BCUT2D eigenvalue weighted by atomic mass is 32.1. The first kappa shape index (κ1) is 14.8. The summed E-state index contributed by atoms with van der Waals surface area (Å²) in [6.07, 6.45) is 3.37. The quantitative estimate of drug-likeness (QED) is 0.856. The minimum absolute atomic E-state index is 0.143. The summed E-state index contributed by atoms with van der Waals surface area (Å²) in [4.78, 5) is 5.78. The monoisotopic (exact) mass is 281 g/mol. The van der Waals surface area contributed by atoms with Gasteiger partial charge in [-0.15, -0.1) is 0 Å². The molecule has 0 saturated carbocycles. The molecule has 1 aromatic rings. The summed E-state index contributed by atoms with van der Waals surface area (Å²) in [7, 11) is 0. The van der Waals surface area contributed by atoms with E-state index < -0.39 is 0 Å². The Bertz CT molecular complexity index is 478. The normalized spacial score (nSPS) is 21.5. The lowest BCUT2D eigenvalue weighted by atomic mass is 9.92. The second kappa shape index (κ2) is 5.41. The number of aromatic nitrogens is 2. The van der Waals surface area contributed by atoms with Crippen LogP contribution >= 0.6 is 12.2 Å². The lowest BCUT2D eigenvalue weighted by Crippen LogP contribution is -2.29. The van der Waals surface area contributed by atoms with Crippen molar-refractivity contribution in [3.8, 4) is 0 Å². The van der Waals surface area contributed by atoms with Gasteiger partial charge in [0.2, 0.25) is 0 Å². The molecule has 0 spiro atoms. The van der Waals surface area contributed by atoms with Crippen LogP contribution in [-0.2, 0) is 12.0 Å². The molecule has 0 bridgehead atoms. The van der Waals surface area contributed by atoms with Gasteiger partial charge in [0.1, 0.15) is 0 Å². The van der Waals surface area contributed by atoms with Crippen LogP contribution in [0.25, 0.3) is 0 Å². The van der Waals surface area contributed by atoms with Gasteiger partial charge in [0.15, 0.2) is 4.77 Å². The number of nitrogens with zero attached hydrogens (tertiary/aromatic N) is 2. The standard InChI is InChI=1S/C15H27N3S/c1-11(2)17-7-6-12(9-17)10-18-13(15(3,4)5)8-16-14(18)19/h8,11-12H,6-7,9-10H2,1-5H3,(H,16,19). The molecule has 4 heteroatoms. The van der Waals surface area contributed by atoms with Gasteiger partial charge in [-0.3, -0.25) is 0 Å². The van der Waals surface area contributed by atoms with Crippen LogP contribution in [0.1, 0.15) is 46.7 Å². The average Bonchev–Trinajstić information content (AvgIpc) is 2.86. The fourth-order valence-corrected chi connectivity index (χ4v) is 3.17. The minimum Gasteiger partial charge on any atom is -0.337 e.